The van der Waals surface area contributed by atoms with Gasteiger partial charge in [0.25, 0.3) is 7.82 Å². The van der Waals surface area contributed by atoms with Crippen LogP contribution in [-0.2, 0) is 32.7 Å². The van der Waals surface area contributed by atoms with Crippen molar-refractivity contribution in [3.63, 3.8) is 0 Å². The number of ether oxygens (including phenoxy) is 2. The number of rotatable bonds is 33. The van der Waals surface area contributed by atoms with Crippen molar-refractivity contribution in [2.75, 3.05) is 47.5 Å². The van der Waals surface area contributed by atoms with Gasteiger partial charge in [-0.15, -0.1) is 0 Å². The predicted octanol–water partition coefficient (Wildman–Crippen LogP) is 8.66. The second-order valence-electron chi connectivity index (χ2n) is 13.6. The van der Waals surface area contributed by atoms with Crippen LogP contribution in [0.4, 0.5) is 0 Å². The second kappa shape index (κ2) is 29.2. The number of phosphoric ester groups is 1. The van der Waals surface area contributed by atoms with Crippen molar-refractivity contribution in [2.24, 2.45) is 0 Å². The molecule has 0 heterocycles. The zero-order valence-corrected chi connectivity index (χ0v) is 30.7. The van der Waals surface area contributed by atoms with Crippen LogP contribution in [0.3, 0.4) is 0 Å². The van der Waals surface area contributed by atoms with E-state index < -0.39 is 26.5 Å². The topological polar surface area (TPSA) is 111 Å². The number of hydrogen-bond donors (Lipinski definition) is 0. The average molecular weight is 664 g/mol. The van der Waals surface area contributed by atoms with Gasteiger partial charge >= 0.3 is 11.9 Å². The highest BCUT2D eigenvalue weighted by Gasteiger charge is 2.21. The third-order valence-corrected chi connectivity index (χ3v) is 8.84. The van der Waals surface area contributed by atoms with Gasteiger partial charge < -0.3 is 27.9 Å². The van der Waals surface area contributed by atoms with Crippen LogP contribution in [0.15, 0.2) is 0 Å². The number of nitrogens with zero attached hydrogens (tertiary/aromatic N) is 1. The summed E-state index contributed by atoms with van der Waals surface area (Å²) in [6.45, 7) is 4.19. The fraction of sp³-hybridized carbons (Fsp3) is 0.943. The van der Waals surface area contributed by atoms with Gasteiger partial charge in [-0.3, -0.25) is 14.2 Å². The Morgan fingerprint density at radius 1 is 0.600 bits per heavy atom. The molecule has 0 fully saturated rings. The molecule has 45 heavy (non-hydrogen) atoms. The summed E-state index contributed by atoms with van der Waals surface area (Å²) in [6, 6.07) is 0. The maximum Gasteiger partial charge on any atom is 0.306 e. The van der Waals surface area contributed by atoms with Crippen LogP contribution >= 0.6 is 7.82 Å². The van der Waals surface area contributed by atoms with E-state index in [0.29, 0.717) is 17.4 Å². The Bertz CT molecular complexity index is 758. The molecule has 0 N–H and O–H groups in total. The molecule has 0 spiro atoms. The molecule has 0 saturated carbocycles. The van der Waals surface area contributed by atoms with Gasteiger partial charge in [-0.25, -0.2) is 0 Å². The van der Waals surface area contributed by atoms with Gasteiger partial charge in [0.05, 0.1) is 27.7 Å². The zero-order valence-electron chi connectivity index (χ0n) is 29.8. The summed E-state index contributed by atoms with van der Waals surface area (Å²) >= 11 is 0. The fourth-order valence-corrected chi connectivity index (χ4v) is 5.68. The Hall–Kier alpha value is -0.990. The lowest BCUT2D eigenvalue weighted by molar-refractivity contribution is -0.870. The lowest BCUT2D eigenvalue weighted by Crippen LogP contribution is -2.37. The summed E-state index contributed by atoms with van der Waals surface area (Å²) < 4.78 is 33.6. The van der Waals surface area contributed by atoms with E-state index in [1.807, 2.05) is 21.1 Å². The van der Waals surface area contributed by atoms with Gasteiger partial charge in [-0.05, 0) is 12.8 Å². The summed E-state index contributed by atoms with van der Waals surface area (Å²) in [5.41, 5.74) is 0. The third kappa shape index (κ3) is 32.7. The van der Waals surface area contributed by atoms with Crippen LogP contribution in [-0.4, -0.2) is 70.0 Å². The Morgan fingerprint density at radius 2 is 1.00 bits per heavy atom. The van der Waals surface area contributed by atoms with Crippen molar-refractivity contribution in [1.29, 1.82) is 0 Å². The molecule has 0 radical (unpaired) electrons. The number of likely N-dealkylation sites (N-methyl/N-ethyl adjacent to an activating group) is 1. The first-order valence-corrected chi connectivity index (χ1v) is 19.7. The molecule has 0 aromatic rings. The molecule has 0 bridgehead atoms. The van der Waals surface area contributed by atoms with E-state index in [2.05, 4.69) is 13.8 Å². The predicted molar refractivity (Wildman–Crippen MR) is 181 cm³/mol. The molecular weight excluding hydrogens is 593 g/mol. The van der Waals surface area contributed by atoms with Crippen molar-refractivity contribution >= 4 is 19.8 Å². The summed E-state index contributed by atoms with van der Waals surface area (Å²) in [6.07, 6.45) is 24.2. The first-order chi connectivity index (χ1) is 21.5. The van der Waals surface area contributed by atoms with Gasteiger partial charge in [-0.2, -0.15) is 0 Å². The molecule has 9 nitrogen and oxygen atoms in total. The number of unbranched alkanes of at least 4 members (excludes halogenated alkanes) is 19. The Labute approximate surface area is 276 Å². The second-order valence-corrected chi connectivity index (χ2v) is 15.0. The maximum absolute atomic E-state index is 12.5. The normalized spacial score (nSPS) is 13.8. The van der Waals surface area contributed by atoms with Crippen LogP contribution in [0.25, 0.3) is 0 Å². The van der Waals surface area contributed by atoms with E-state index in [1.165, 1.54) is 89.9 Å². The minimum absolute atomic E-state index is 0.0264. The number of carbonyl (C=O) groups excluding carboxylic acids is 2. The molecule has 0 amide bonds. The Morgan fingerprint density at radius 3 is 1.42 bits per heavy atom. The van der Waals surface area contributed by atoms with Crippen molar-refractivity contribution in [3.05, 3.63) is 0 Å². The van der Waals surface area contributed by atoms with Gasteiger partial charge in [-0.1, -0.05) is 136 Å². The molecule has 0 saturated heterocycles. The third-order valence-electron chi connectivity index (χ3n) is 7.88. The van der Waals surface area contributed by atoms with E-state index >= 15 is 0 Å². The van der Waals surface area contributed by atoms with E-state index in [0.717, 1.165) is 38.5 Å². The van der Waals surface area contributed by atoms with Crippen molar-refractivity contribution in [2.45, 2.75) is 168 Å². The highest BCUT2D eigenvalue weighted by Crippen LogP contribution is 2.38. The van der Waals surface area contributed by atoms with Crippen molar-refractivity contribution < 1.29 is 42.1 Å². The minimum Gasteiger partial charge on any atom is -0.756 e. The number of phosphoric acid groups is 1. The summed E-state index contributed by atoms with van der Waals surface area (Å²) in [4.78, 5) is 37.1. The highest BCUT2D eigenvalue weighted by atomic mass is 31.2. The number of quaternary nitrogens is 1. The average Bonchev–Trinajstić information content (AvgIpc) is 2.97. The van der Waals surface area contributed by atoms with Gasteiger partial charge in [0.15, 0.2) is 6.10 Å². The summed E-state index contributed by atoms with van der Waals surface area (Å²) in [5.74, 6) is -0.832. The molecule has 1 unspecified atom stereocenters. The number of carbonyl (C=O) groups is 2. The molecule has 0 aliphatic rings. The first-order valence-electron chi connectivity index (χ1n) is 18.2. The van der Waals surface area contributed by atoms with Gasteiger partial charge in [0, 0.05) is 12.8 Å². The monoisotopic (exact) mass is 663 g/mol. The SMILES string of the molecule is CCCCCCCCCCCCCCC(=O)OC[C@H](COP(=O)([O-])OCC[N+](C)(C)C)OC(=O)CCCCCCCCCCC. The van der Waals surface area contributed by atoms with Crippen LogP contribution in [0.1, 0.15) is 162 Å². The van der Waals surface area contributed by atoms with Crippen molar-refractivity contribution in [3.8, 4) is 0 Å². The quantitative estimate of drug-likeness (QED) is 0.0297. The smallest absolute Gasteiger partial charge is 0.306 e. The van der Waals surface area contributed by atoms with E-state index in [1.54, 1.807) is 0 Å². The van der Waals surface area contributed by atoms with Crippen LogP contribution in [0.2, 0.25) is 0 Å². The largest absolute Gasteiger partial charge is 0.756 e. The molecule has 0 aromatic heterocycles. The minimum atomic E-state index is -4.60. The van der Waals surface area contributed by atoms with Gasteiger partial charge in [0.1, 0.15) is 19.8 Å². The standard InChI is InChI=1S/C35H70NO8P/c1-6-8-10-12-14-16-17-18-20-21-23-25-27-34(37)41-31-33(32-43-45(39,40)42-30-29-36(3,4)5)44-35(38)28-26-24-22-19-15-13-11-9-7-2/h33H,6-32H2,1-5H3/t33-/m1/s1. The molecule has 0 aliphatic heterocycles. The molecule has 2 atom stereocenters. The Balaban J connectivity index is 4.43. The van der Waals surface area contributed by atoms with Crippen molar-refractivity contribution in [1.82, 2.24) is 0 Å². The highest BCUT2D eigenvalue weighted by molar-refractivity contribution is 7.45. The molecular formula is C35H70NO8P. The lowest BCUT2D eigenvalue weighted by Gasteiger charge is -2.28. The van der Waals surface area contributed by atoms with Crippen LogP contribution in [0.5, 0.6) is 0 Å². The van der Waals surface area contributed by atoms with E-state index in [9.17, 15) is 19.0 Å². The molecule has 0 rings (SSSR count). The van der Waals surface area contributed by atoms with Crippen LogP contribution < -0.4 is 4.89 Å². The zero-order chi connectivity index (χ0) is 33.7. The molecule has 0 aromatic carbocycles. The summed E-state index contributed by atoms with van der Waals surface area (Å²) in [5, 5.41) is 0. The fourth-order valence-electron chi connectivity index (χ4n) is 4.95. The number of esters is 2. The summed E-state index contributed by atoms with van der Waals surface area (Å²) in [7, 11) is 1.17. The number of hydrogen-bond acceptors (Lipinski definition) is 8. The first kappa shape index (κ1) is 44.0. The Kier molecular flexibility index (Phi) is 28.5. The molecule has 0 aliphatic carbocycles. The molecule has 268 valence electrons. The van der Waals surface area contributed by atoms with Crippen LogP contribution in [0, 0.1) is 0 Å². The van der Waals surface area contributed by atoms with E-state index in [-0.39, 0.29) is 32.0 Å². The van der Waals surface area contributed by atoms with Gasteiger partial charge in [0.2, 0.25) is 0 Å². The van der Waals surface area contributed by atoms with E-state index in [4.69, 9.17) is 18.5 Å². The molecule has 10 heteroatoms. The maximum atomic E-state index is 12.5. The lowest BCUT2D eigenvalue weighted by atomic mass is 10.0.